The van der Waals surface area contributed by atoms with Crippen LogP contribution in [0.4, 0.5) is 0 Å². The van der Waals surface area contributed by atoms with Crippen LogP contribution < -0.4 is 4.74 Å². The van der Waals surface area contributed by atoms with E-state index in [1.807, 2.05) is 0 Å². The van der Waals surface area contributed by atoms with Crippen LogP contribution in [0.2, 0.25) is 0 Å². The molecule has 20 unspecified atom stereocenters. The number of carbonyl (C=O) groups excluding carboxylic acids is 4. The van der Waals surface area contributed by atoms with Crippen molar-refractivity contribution in [3.8, 4) is 17.2 Å². The molecule has 0 bridgehead atoms. The summed E-state index contributed by atoms with van der Waals surface area (Å²) in [4.78, 5) is 53.1. The Balaban J connectivity index is 1.04. The average Bonchev–Trinajstić information content (AvgIpc) is 2.83. The predicted octanol–water partition coefficient (Wildman–Crippen LogP) is 0.892. The first-order chi connectivity index (χ1) is 38.5. The molecule has 0 saturated carbocycles. The number of phenols is 2. The van der Waals surface area contributed by atoms with E-state index in [0.29, 0.717) is 0 Å². The lowest BCUT2D eigenvalue weighted by Gasteiger charge is -2.46. The van der Waals surface area contributed by atoms with Crippen LogP contribution in [0.5, 0.6) is 17.2 Å². The summed E-state index contributed by atoms with van der Waals surface area (Å²) in [5, 5.41) is 99.9. The van der Waals surface area contributed by atoms with Gasteiger partial charge in [0, 0.05) is 64.5 Å². The highest BCUT2D eigenvalue weighted by molar-refractivity contribution is 6.11. The second kappa shape index (κ2) is 25.7. The summed E-state index contributed by atoms with van der Waals surface area (Å²) < 4.78 is 78.3. The zero-order valence-electron chi connectivity index (χ0n) is 47.7. The van der Waals surface area contributed by atoms with E-state index in [2.05, 4.69) is 0 Å². The molecule has 1 aliphatic carbocycles. The van der Waals surface area contributed by atoms with Crippen LogP contribution >= 0.6 is 0 Å². The van der Waals surface area contributed by atoms with E-state index in [-0.39, 0.29) is 71.7 Å². The number of aliphatic hydroxyl groups is 7. The van der Waals surface area contributed by atoms with Gasteiger partial charge in [-0.25, -0.2) is 0 Å². The minimum absolute atomic E-state index is 0.0580. The number of ketones is 2. The lowest BCUT2D eigenvalue weighted by molar-refractivity contribution is -0.334. The Morgan fingerprint density at radius 1 is 0.683 bits per heavy atom. The molecule has 26 nitrogen and oxygen atoms in total. The molecule has 0 amide bonds. The van der Waals surface area contributed by atoms with Crippen LogP contribution in [-0.4, -0.2) is 223 Å². The molecule has 26 heteroatoms. The molecule has 2 aromatic carbocycles. The van der Waals surface area contributed by atoms with Gasteiger partial charge in [0.15, 0.2) is 48.9 Å². The van der Waals surface area contributed by atoms with Crippen molar-refractivity contribution in [2.75, 3.05) is 7.11 Å². The van der Waals surface area contributed by atoms with E-state index in [0.717, 1.165) is 0 Å². The SMILES string of the molecule is CO[C@H](C(=O)[C@@H](O)[C@@H](C)O)[C@@H]1Cc2cc3cc(OC4CC(OC5CC(O)C(O)C(C)O5)C(OC(C)=O)C(C)O4)c(C)c(O)c3c(O)c2C(=O)[C@H]1OC1CC(OC2CC(OC3CC(C)(O)C(OC(C)=O)C(C)O3)C(O)C(C)O2)C(O)C(C)O1. The van der Waals surface area contributed by atoms with E-state index in [1.54, 1.807) is 27.7 Å². The van der Waals surface area contributed by atoms with Gasteiger partial charge in [0.25, 0.3) is 0 Å². The fourth-order valence-electron chi connectivity index (χ4n) is 12.1. The Morgan fingerprint density at radius 3 is 1.77 bits per heavy atom. The molecule has 5 saturated heterocycles. The molecule has 5 heterocycles. The van der Waals surface area contributed by atoms with E-state index in [9.17, 15) is 60.3 Å². The first kappa shape index (κ1) is 63.7. The number of hydrogen-bond donors (Lipinski definition) is 9. The third kappa shape index (κ3) is 13.5. The maximum absolute atomic E-state index is 15.1. The number of benzene rings is 2. The van der Waals surface area contributed by atoms with Crippen LogP contribution in [0.1, 0.15) is 116 Å². The predicted molar refractivity (Wildman–Crippen MR) is 278 cm³/mol. The van der Waals surface area contributed by atoms with Crippen LogP contribution in [0, 0.1) is 12.8 Å². The molecule has 25 atom stereocenters. The van der Waals surface area contributed by atoms with Gasteiger partial charge in [-0.3, -0.25) is 19.2 Å². The Kier molecular flexibility index (Phi) is 20.0. The molecule has 9 N–H and O–H groups in total. The van der Waals surface area contributed by atoms with Crippen LogP contribution in [0.3, 0.4) is 0 Å². The molecule has 5 aliphatic heterocycles. The zero-order chi connectivity index (χ0) is 60.1. The monoisotopic (exact) mass is 1170 g/mol. The van der Waals surface area contributed by atoms with Crippen molar-refractivity contribution in [1.82, 2.24) is 0 Å². The topological polar surface area (TPSA) is 370 Å². The van der Waals surface area contributed by atoms with Crippen LogP contribution in [0.15, 0.2) is 12.1 Å². The normalized spacial score (nSPS) is 40.1. The number of aliphatic hydroxyl groups excluding tert-OH is 6. The number of carbonyl (C=O) groups is 4. The van der Waals surface area contributed by atoms with E-state index >= 15 is 4.79 Å². The minimum Gasteiger partial charge on any atom is -0.507 e. The Morgan fingerprint density at radius 2 is 1.21 bits per heavy atom. The largest absolute Gasteiger partial charge is 0.507 e. The molecule has 0 spiro atoms. The van der Waals surface area contributed by atoms with Crippen molar-refractivity contribution in [2.24, 2.45) is 5.92 Å². The number of fused-ring (bicyclic) bond motifs is 2. The summed E-state index contributed by atoms with van der Waals surface area (Å²) >= 11 is 0. The third-order valence-electron chi connectivity index (χ3n) is 16.4. The second-order valence-corrected chi connectivity index (χ2v) is 22.9. The summed E-state index contributed by atoms with van der Waals surface area (Å²) in [6.07, 6.45) is -27.3. The molecule has 6 aliphatic rings. The van der Waals surface area contributed by atoms with Crippen molar-refractivity contribution >= 4 is 34.3 Å². The highest BCUT2D eigenvalue weighted by atomic mass is 16.7. The van der Waals surface area contributed by atoms with Gasteiger partial charge in [-0.05, 0) is 84.9 Å². The van der Waals surface area contributed by atoms with Gasteiger partial charge in [0.2, 0.25) is 6.29 Å². The number of hydrogen-bond acceptors (Lipinski definition) is 26. The molecule has 0 radical (unpaired) electrons. The number of esters is 2. The summed E-state index contributed by atoms with van der Waals surface area (Å²) in [5.41, 5.74) is -1.55. The van der Waals surface area contributed by atoms with Gasteiger partial charge >= 0.3 is 11.9 Å². The second-order valence-electron chi connectivity index (χ2n) is 22.9. The van der Waals surface area contributed by atoms with Gasteiger partial charge in [-0.15, -0.1) is 0 Å². The van der Waals surface area contributed by atoms with Crippen molar-refractivity contribution < 1.29 is 127 Å². The standard InChI is InChI=1S/C56H80O26/c1-20-33(78-39-18-36(52(25(6)74-39)76-27(8)58)81-37-15-32(60)46(63)22(3)71-37)14-30-12-29-13-31(53(70-11)51(68)45(62)21(2)57)54(50(67)43(29)49(66)42(30)44(20)61)82-40-17-34(47(64)24(5)73-40)79-38-16-35(48(65)23(4)72-38)80-41-19-56(10,69)55(26(7)75-41)77-28(9)59/h12,14,21-26,31-32,34-41,45-48,52-55,57,60-66,69H,13,15-19H2,1-11H3/t21-,22?,23?,24?,25?,26?,31+,32?,34?,35?,36?,37?,38?,39?,40?,41?,45+,46?,47?,48?,52?,53+,54+,55?,56?/m1/s1. The van der Waals surface area contributed by atoms with Crippen molar-refractivity contribution in [3.63, 3.8) is 0 Å². The average molecular weight is 1170 g/mol. The quantitative estimate of drug-likeness (QED) is 0.0993. The zero-order valence-corrected chi connectivity index (χ0v) is 47.7. The first-order valence-corrected chi connectivity index (χ1v) is 27.8. The van der Waals surface area contributed by atoms with Gasteiger partial charge in [-0.1, -0.05) is 0 Å². The maximum atomic E-state index is 15.1. The van der Waals surface area contributed by atoms with Gasteiger partial charge in [0.1, 0.15) is 65.6 Å². The first-order valence-electron chi connectivity index (χ1n) is 27.8. The maximum Gasteiger partial charge on any atom is 0.303 e. The Bertz CT molecular complexity index is 2600. The molecule has 5 fully saturated rings. The Labute approximate surface area is 473 Å². The number of Topliss-reactive ketones (excluding diaryl/α,β-unsaturated/α-hetero) is 2. The summed E-state index contributed by atoms with van der Waals surface area (Å²) in [5.74, 6) is -5.41. The molecular formula is C56H80O26. The van der Waals surface area contributed by atoms with Crippen molar-refractivity contribution in [2.45, 2.75) is 255 Å². The fourth-order valence-corrected chi connectivity index (χ4v) is 12.1. The van der Waals surface area contributed by atoms with Crippen molar-refractivity contribution in [3.05, 3.63) is 28.8 Å². The van der Waals surface area contributed by atoms with E-state index in [1.165, 1.54) is 60.8 Å². The molecular weight excluding hydrogens is 1090 g/mol. The number of rotatable bonds is 17. The molecule has 82 heavy (non-hydrogen) atoms. The third-order valence-corrected chi connectivity index (χ3v) is 16.4. The summed E-state index contributed by atoms with van der Waals surface area (Å²) in [6.45, 7) is 14.6. The molecule has 8 rings (SSSR count). The lowest BCUT2D eigenvalue weighted by atomic mass is 9.75. The molecule has 0 aromatic heterocycles. The van der Waals surface area contributed by atoms with E-state index in [4.69, 9.17) is 61.6 Å². The number of aromatic hydroxyl groups is 2. The van der Waals surface area contributed by atoms with E-state index < -0.39 is 188 Å². The minimum atomic E-state index is -1.97. The summed E-state index contributed by atoms with van der Waals surface area (Å²) in [7, 11) is 1.17. The van der Waals surface area contributed by atoms with Gasteiger partial charge < -0.3 is 108 Å². The number of phenolic OH excluding ortho intramolecular Hbond substituents is 2. The smallest absolute Gasteiger partial charge is 0.303 e. The highest BCUT2D eigenvalue weighted by Gasteiger charge is 2.52. The lowest BCUT2D eigenvalue weighted by Crippen LogP contribution is -2.59. The van der Waals surface area contributed by atoms with Gasteiger partial charge in [0.05, 0.1) is 65.9 Å². The van der Waals surface area contributed by atoms with Gasteiger partial charge in [-0.2, -0.15) is 0 Å². The number of ether oxygens (including phenoxy) is 13. The number of methoxy groups -OCH3 is 1. The molecule has 460 valence electrons. The summed E-state index contributed by atoms with van der Waals surface area (Å²) in [6, 6.07) is 3.01. The highest BCUT2D eigenvalue weighted by Crippen LogP contribution is 2.48. The van der Waals surface area contributed by atoms with Crippen LogP contribution in [-0.2, 0) is 77.6 Å². The van der Waals surface area contributed by atoms with Crippen LogP contribution in [0.25, 0.3) is 10.8 Å². The van der Waals surface area contributed by atoms with Crippen molar-refractivity contribution in [1.29, 1.82) is 0 Å². The fraction of sp³-hybridized carbons (Fsp3) is 0.750. The molecule has 2 aromatic rings. The Hall–Kier alpha value is -4.30.